The molecular formula is C14H25NO3. The van der Waals surface area contributed by atoms with Gasteiger partial charge in [0, 0.05) is 12.5 Å². The predicted octanol–water partition coefficient (Wildman–Crippen LogP) is 2.22. The normalized spacial score (nSPS) is 21.7. The van der Waals surface area contributed by atoms with Gasteiger partial charge >= 0.3 is 5.97 Å². The Bertz CT molecular complexity index is 312. The topological polar surface area (TPSA) is 46.6 Å². The molecule has 1 aliphatic rings. The van der Waals surface area contributed by atoms with E-state index in [1.165, 1.54) is 0 Å². The van der Waals surface area contributed by atoms with Crippen LogP contribution in [0.2, 0.25) is 0 Å². The van der Waals surface area contributed by atoms with Crippen molar-refractivity contribution in [3.8, 4) is 0 Å². The zero-order valence-corrected chi connectivity index (χ0v) is 12.0. The SMILES string of the molecule is CCOC(=O)CN(CC)C(=O)C1CCCC1(C)C. The highest BCUT2D eigenvalue weighted by Crippen LogP contribution is 2.43. The first-order chi connectivity index (χ1) is 8.42. The van der Waals surface area contributed by atoms with Crippen LogP contribution in [0.15, 0.2) is 0 Å². The summed E-state index contributed by atoms with van der Waals surface area (Å²) in [6.45, 7) is 8.95. The van der Waals surface area contributed by atoms with E-state index in [4.69, 9.17) is 4.74 Å². The van der Waals surface area contributed by atoms with Crippen molar-refractivity contribution >= 4 is 11.9 Å². The van der Waals surface area contributed by atoms with Crippen LogP contribution in [0.3, 0.4) is 0 Å². The Balaban J connectivity index is 2.65. The monoisotopic (exact) mass is 255 g/mol. The van der Waals surface area contributed by atoms with Crippen LogP contribution in [0.1, 0.15) is 47.0 Å². The molecule has 4 nitrogen and oxygen atoms in total. The van der Waals surface area contributed by atoms with E-state index in [2.05, 4.69) is 13.8 Å². The Kier molecular flexibility index (Phi) is 5.17. The molecule has 0 aromatic heterocycles. The summed E-state index contributed by atoms with van der Waals surface area (Å²) in [7, 11) is 0. The summed E-state index contributed by atoms with van der Waals surface area (Å²) in [6, 6.07) is 0. The summed E-state index contributed by atoms with van der Waals surface area (Å²) >= 11 is 0. The third kappa shape index (κ3) is 3.47. The van der Waals surface area contributed by atoms with Gasteiger partial charge in [-0.15, -0.1) is 0 Å². The lowest BCUT2D eigenvalue weighted by molar-refractivity contribution is -0.151. The third-order valence-electron chi connectivity index (χ3n) is 3.87. The number of carbonyl (C=O) groups is 2. The molecule has 18 heavy (non-hydrogen) atoms. The van der Waals surface area contributed by atoms with Gasteiger partial charge in [-0.2, -0.15) is 0 Å². The fourth-order valence-corrected chi connectivity index (χ4v) is 2.71. The first kappa shape index (κ1) is 15.0. The van der Waals surface area contributed by atoms with Crippen LogP contribution >= 0.6 is 0 Å². The van der Waals surface area contributed by atoms with Crippen LogP contribution in [-0.2, 0) is 14.3 Å². The van der Waals surface area contributed by atoms with Gasteiger partial charge in [-0.25, -0.2) is 0 Å². The van der Waals surface area contributed by atoms with E-state index < -0.39 is 0 Å². The van der Waals surface area contributed by atoms with Crippen molar-refractivity contribution in [3.05, 3.63) is 0 Å². The lowest BCUT2D eigenvalue weighted by Crippen LogP contribution is -2.42. The van der Waals surface area contributed by atoms with Gasteiger partial charge in [-0.05, 0) is 32.1 Å². The quantitative estimate of drug-likeness (QED) is 0.708. The molecule has 0 heterocycles. The number of carbonyl (C=O) groups excluding carboxylic acids is 2. The molecule has 1 fully saturated rings. The van der Waals surface area contributed by atoms with Gasteiger partial charge in [0.1, 0.15) is 6.54 Å². The van der Waals surface area contributed by atoms with Crippen molar-refractivity contribution in [1.29, 1.82) is 0 Å². The second-order valence-corrected chi connectivity index (χ2v) is 5.59. The number of rotatable bonds is 5. The zero-order valence-electron chi connectivity index (χ0n) is 12.0. The molecule has 4 heteroatoms. The second kappa shape index (κ2) is 6.21. The maximum absolute atomic E-state index is 12.5. The van der Waals surface area contributed by atoms with Crippen molar-refractivity contribution in [3.63, 3.8) is 0 Å². The maximum atomic E-state index is 12.5. The van der Waals surface area contributed by atoms with Crippen LogP contribution in [0.4, 0.5) is 0 Å². The number of hydrogen-bond donors (Lipinski definition) is 0. The smallest absolute Gasteiger partial charge is 0.325 e. The molecule has 1 atom stereocenters. The van der Waals surface area contributed by atoms with E-state index in [1.807, 2.05) is 6.92 Å². The number of likely N-dealkylation sites (N-methyl/N-ethyl adjacent to an activating group) is 1. The largest absolute Gasteiger partial charge is 0.465 e. The average molecular weight is 255 g/mol. The Morgan fingerprint density at radius 1 is 1.33 bits per heavy atom. The highest BCUT2D eigenvalue weighted by Gasteiger charge is 2.41. The van der Waals surface area contributed by atoms with E-state index >= 15 is 0 Å². The van der Waals surface area contributed by atoms with E-state index in [1.54, 1.807) is 11.8 Å². The molecule has 1 amide bonds. The van der Waals surface area contributed by atoms with E-state index in [0.717, 1.165) is 19.3 Å². The number of esters is 1. The summed E-state index contributed by atoms with van der Waals surface area (Å²) in [5.41, 5.74) is 0.0547. The fraction of sp³-hybridized carbons (Fsp3) is 0.857. The molecule has 0 aromatic rings. The van der Waals surface area contributed by atoms with Crippen molar-refractivity contribution in [2.24, 2.45) is 11.3 Å². The van der Waals surface area contributed by atoms with Crippen LogP contribution < -0.4 is 0 Å². The number of hydrogen-bond acceptors (Lipinski definition) is 3. The van der Waals surface area contributed by atoms with Crippen LogP contribution in [0.5, 0.6) is 0 Å². The van der Waals surface area contributed by atoms with Gasteiger partial charge in [-0.1, -0.05) is 20.3 Å². The van der Waals surface area contributed by atoms with Gasteiger partial charge < -0.3 is 9.64 Å². The molecule has 0 N–H and O–H groups in total. The minimum atomic E-state index is -0.316. The minimum absolute atomic E-state index is 0.0480. The number of nitrogens with zero attached hydrogens (tertiary/aromatic N) is 1. The molecule has 1 aliphatic carbocycles. The predicted molar refractivity (Wildman–Crippen MR) is 70.0 cm³/mol. The summed E-state index contributed by atoms with van der Waals surface area (Å²) in [6.07, 6.45) is 3.12. The molecular weight excluding hydrogens is 230 g/mol. The second-order valence-electron chi connectivity index (χ2n) is 5.59. The van der Waals surface area contributed by atoms with Crippen LogP contribution in [0.25, 0.3) is 0 Å². The summed E-state index contributed by atoms with van der Waals surface area (Å²) in [5, 5.41) is 0. The molecule has 0 radical (unpaired) electrons. The molecule has 1 rings (SSSR count). The Morgan fingerprint density at radius 3 is 2.44 bits per heavy atom. The summed E-state index contributed by atoms with van der Waals surface area (Å²) in [5.74, 6) is -0.163. The summed E-state index contributed by atoms with van der Waals surface area (Å²) < 4.78 is 4.91. The fourth-order valence-electron chi connectivity index (χ4n) is 2.71. The Hall–Kier alpha value is -1.06. The number of amides is 1. The average Bonchev–Trinajstić information content (AvgIpc) is 2.65. The standard InChI is InChI=1S/C14H25NO3/c1-5-15(10-12(16)18-6-2)13(17)11-8-7-9-14(11,3)4/h11H,5-10H2,1-4H3. The highest BCUT2D eigenvalue weighted by atomic mass is 16.5. The molecule has 1 unspecified atom stereocenters. The maximum Gasteiger partial charge on any atom is 0.325 e. The van der Waals surface area contributed by atoms with Crippen LogP contribution in [-0.4, -0.2) is 36.5 Å². The zero-order chi connectivity index (χ0) is 13.8. The molecule has 0 saturated heterocycles. The van der Waals surface area contributed by atoms with E-state index in [0.29, 0.717) is 13.2 Å². The minimum Gasteiger partial charge on any atom is -0.465 e. The molecule has 0 bridgehead atoms. The van der Waals surface area contributed by atoms with Gasteiger partial charge in [-0.3, -0.25) is 9.59 Å². The van der Waals surface area contributed by atoms with Gasteiger partial charge in [0.15, 0.2) is 0 Å². The highest BCUT2D eigenvalue weighted by molar-refractivity contribution is 5.84. The molecule has 0 spiro atoms. The van der Waals surface area contributed by atoms with Crippen LogP contribution in [0, 0.1) is 11.3 Å². The molecule has 1 saturated carbocycles. The van der Waals surface area contributed by atoms with Gasteiger partial charge in [0.05, 0.1) is 6.61 Å². The summed E-state index contributed by atoms with van der Waals surface area (Å²) in [4.78, 5) is 25.5. The lowest BCUT2D eigenvalue weighted by atomic mass is 9.81. The van der Waals surface area contributed by atoms with Crippen molar-refractivity contribution in [1.82, 2.24) is 4.90 Å². The van der Waals surface area contributed by atoms with Gasteiger partial charge in [0.2, 0.25) is 5.91 Å². The first-order valence-electron chi connectivity index (χ1n) is 6.86. The Morgan fingerprint density at radius 2 is 2.00 bits per heavy atom. The first-order valence-corrected chi connectivity index (χ1v) is 6.86. The number of ether oxygens (including phenoxy) is 1. The third-order valence-corrected chi connectivity index (χ3v) is 3.87. The molecule has 0 aliphatic heterocycles. The Labute approximate surface area is 110 Å². The van der Waals surface area contributed by atoms with E-state index in [9.17, 15) is 9.59 Å². The van der Waals surface area contributed by atoms with Gasteiger partial charge in [0.25, 0.3) is 0 Å². The lowest BCUT2D eigenvalue weighted by Gasteiger charge is -2.31. The van der Waals surface area contributed by atoms with Crippen molar-refractivity contribution in [2.75, 3.05) is 19.7 Å². The molecule has 0 aromatic carbocycles. The molecule has 104 valence electrons. The van der Waals surface area contributed by atoms with Crippen molar-refractivity contribution < 1.29 is 14.3 Å². The van der Waals surface area contributed by atoms with E-state index in [-0.39, 0.29) is 29.8 Å². The van der Waals surface area contributed by atoms with Crippen molar-refractivity contribution in [2.45, 2.75) is 47.0 Å².